The summed E-state index contributed by atoms with van der Waals surface area (Å²) in [7, 11) is 0. The van der Waals surface area contributed by atoms with Crippen molar-refractivity contribution in [1.82, 2.24) is 5.32 Å². The minimum absolute atomic E-state index is 0.0996. The molecular weight excluding hydrogens is 294 g/mol. The Hall–Kier alpha value is -1.92. The van der Waals surface area contributed by atoms with E-state index in [0.717, 1.165) is 19.3 Å². The van der Waals surface area contributed by atoms with Crippen LogP contribution < -0.4 is 16.4 Å². The summed E-state index contributed by atoms with van der Waals surface area (Å²) in [4.78, 5) is 24.0. The highest BCUT2D eigenvalue weighted by atomic mass is 16.5. The Morgan fingerprint density at radius 2 is 1.91 bits per heavy atom. The van der Waals surface area contributed by atoms with Crippen LogP contribution in [0.1, 0.15) is 43.0 Å². The number of carbonyl (C=O) groups is 2. The molecule has 0 aliphatic carbocycles. The van der Waals surface area contributed by atoms with Gasteiger partial charge in [-0.1, -0.05) is 13.3 Å². The second kappa shape index (κ2) is 8.64. The minimum atomic E-state index is -0.503. The minimum Gasteiger partial charge on any atom is -0.381 e. The van der Waals surface area contributed by atoms with E-state index >= 15 is 0 Å². The van der Waals surface area contributed by atoms with Crippen molar-refractivity contribution in [3.05, 3.63) is 29.8 Å². The lowest BCUT2D eigenvalue weighted by Crippen LogP contribution is -2.38. The van der Waals surface area contributed by atoms with Crippen molar-refractivity contribution in [3.63, 3.8) is 0 Å². The van der Waals surface area contributed by atoms with Gasteiger partial charge in [-0.15, -0.1) is 0 Å². The van der Waals surface area contributed by atoms with Gasteiger partial charge >= 0.3 is 0 Å². The molecule has 4 N–H and O–H groups in total. The van der Waals surface area contributed by atoms with Crippen LogP contribution in [0.4, 0.5) is 5.69 Å². The zero-order chi connectivity index (χ0) is 16.7. The number of nitrogens with two attached hydrogens (primary N) is 1. The summed E-state index contributed by atoms with van der Waals surface area (Å²) in [6, 6.07) is 6.51. The molecule has 2 rings (SSSR count). The van der Waals surface area contributed by atoms with Crippen molar-refractivity contribution in [3.8, 4) is 0 Å². The Bertz CT molecular complexity index is 524. The molecule has 1 unspecified atom stereocenters. The zero-order valence-electron chi connectivity index (χ0n) is 13.5. The van der Waals surface area contributed by atoms with Gasteiger partial charge in [0.2, 0.25) is 5.91 Å². The van der Waals surface area contributed by atoms with Crippen molar-refractivity contribution in [2.24, 2.45) is 5.73 Å². The van der Waals surface area contributed by atoms with E-state index in [1.807, 2.05) is 6.92 Å². The van der Waals surface area contributed by atoms with Crippen molar-refractivity contribution in [2.75, 3.05) is 18.5 Å². The Kier molecular flexibility index (Phi) is 6.55. The third-order valence-electron chi connectivity index (χ3n) is 3.91. The summed E-state index contributed by atoms with van der Waals surface area (Å²) < 4.78 is 5.27. The molecule has 2 amide bonds. The summed E-state index contributed by atoms with van der Waals surface area (Å²) in [6.45, 7) is 3.36. The first-order chi connectivity index (χ1) is 11.1. The summed E-state index contributed by atoms with van der Waals surface area (Å²) in [5.74, 6) is -0.302. The van der Waals surface area contributed by atoms with Gasteiger partial charge in [0.1, 0.15) is 0 Å². The first-order valence-corrected chi connectivity index (χ1v) is 8.15. The molecular formula is C17H25N3O3. The van der Waals surface area contributed by atoms with E-state index in [9.17, 15) is 9.59 Å². The molecule has 1 fully saturated rings. The number of ether oxygens (including phenoxy) is 1. The number of hydrogen-bond donors (Lipinski definition) is 3. The molecule has 23 heavy (non-hydrogen) atoms. The fourth-order valence-corrected chi connectivity index (χ4v) is 2.49. The van der Waals surface area contributed by atoms with Crippen LogP contribution in [0.25, 0.3) is 0 Å². The highest BCUT2D eigenvalue weighted by Gasteiger charge is 2.17. The number of rotatable bonds is 6. The molecule has 0 spiro atoms. The Labute approximate surface area is 136 Å². The average molecular weight is 319 g/mol. The van der Waals surface area contributed by atoms with Crippen LogP contribution >= 0.6 is 0 Å². The lowest BCUT2D eigenvalue weighted by molar-refractivity contribution is -0.117. The van der Waals surface area contributed by atoms with E-state index in [1.54, 1.807) is 24.3 Å². The molecule has 1 heterocycles. The van der Waals surface area contributed by atoms with Crippen molar-refractivity contribution >= 4 is 17.5 Å². The topological polar surface area (TPSA) is 93.5 Å². The molecule has 126 valence electrons. The van der Waals surface area contributed by atoms with Gasteiger partial charge in [0, 0.05) is 30.5 Å². The molecule has 1 atom stereocenters. The molecule has 0 bridgehead atoms. The third-order valence-corrected chi connectivity index (χ3v) is 3.91. The van der Waals surface area contributed by atoms with Crippen molar-refractivity contribution < 1.29 is 14.3 Å². The van der Waals surface area contributed by atoms with Crippen LogP contribution in [0.5, 0.6) is 0 Å². The SMILES string of the molecule is CCCC(N)C(=O)Nc1ccc(C(=O)NC2CCOCC2)cc1. The van der Waals surface area contributed by atoms with E-state index in [1.165, 1.54) is 0 Å². The highest BCUT2D eigenvalue weighted by molar-refractivity contribution is 5.97. The Morgan fingerprint density at radius 1 is 1.26 bits per heavy atom. The summed E-state index contributed by atoms with van der Waals surface area (Å²) in [5.41, 5.74) is 6.99. The first kappa shape index (κ1) is 17.4. The van der Waals surface area contributed by atoms with E-state index in [2.05, 4.69) is 10.6 Å². The third kappa shape index (κ3) is 5.33. The average Bonchev–Trinajstić information content (AvgIpc) is 2.56. The van der Waals surface area contributed by atoms with Crippen LogP contribution in [0.3, 0.4) is 0 Å². The Morgan fingerprint density at radius 3 is 2.52 bits per heavy atom. The number of benzene rings is 1. The van der Waals surface area contributed by atoms with Gasteiger partial charge in [0.25, 0.3) is 5.91 Å². The molecule has 1 aliphatic rings. The number of anilines is 1. The standard InChI is InChI=1S/C17H25N3O3/c1-2-3-15(18)17(22)20-13-6-4-12(5-7-13)16(21)19-14-8-10-23-11-9-14/h4-7,14-15H,2-3,8-11,18H2,1H3,(H,19,21)(H,20,22). The fraction of sp³-hybridized carbons (Fsp3) is 0.529. The predicted molar refractivity (Wildman–Crippen MR) is 89.3 cm³/mol. The maximum absolute atomic E-state index is 12.2. The molecule has 0 saturated carbocycles. The molecule has 1 aliphatic heterocycles. The lowest BCUT2D eigenvalue weighted by atomic mass is 10.1. The molecule has 6 nitrogen and oxygen atoms in total. The van der Waals surface area contributed by atoms with Gasteiger partial charge < -0.3 is 21.1 Å². The van der Waals surface area contributed by atoms with Crippen LogP contribution in [-0.4, -0.2) is 37.1 Å². The van der Waals surface area contributed by atoms with Crippen LogP contribution in [-0.2, 0) is 9.53 Å². The summed E-state index contributed by atoms with van der Waals surface area (Å²) in [5, 5.41) is 5.77. The number of amides is 2. The number of nitrogens with one attached hydrogen (secondary N) is 2. The molecule has 0 aromatic heterocycles. The summed E-state index contributed by atoms with van der Waals surface area (Å²) >= 11 is 0. The van der Waals surface area contributed by atoms with Crippen LogP contribution in [0, 0.1) is 0 Å². The number of hydrogen-bond acceptors (Lipinski definition) is 4. The largest absolute Gasteiger partial charge is 0.381 e. The van der Waals surface area contributed by atoms with Gasteiger partial charge in [0.05, 0.1) is 6.04 Å². The van der Waals surface area contributed by atoms with Gasteiger partial charge in [-0.25, -0.2) is 0 Å². The maximum Gasteiger partial charge on any atom is 0.251 e. The quantitative estimate of drug-likeness (QED) is 0.743. The smallest absolute Gasteiger partial charge is 0.251 e. The van der Waals surface area contributed by atoms with Gasteiger partial charge in [0.15, 0.2) is 0 Å². The lowest BCUT2D eigenvalue weighted by Gasteiger charge is -2.23. The fourth-order valence-electron chi connectivity index (χ4n) is 2.49. The van der Waals surface area contributed by atoms with Crippen LogP contribution in [0.15, 0.2) is 24.3 Å². The summed E-state index contributed by atoms with van der Waals surface area (Å²) in [6.07, 6.45) is 3.20. The van der Waals surface area contributed by atoms with Gasteiger partial charge in [-0.05, 0) is 43.5 Å². The number of carbonyl (C=O) groups excluding carboxylic acids is 2. The van der Waals surface area contributed by atoms with E-state index in [-0.39, 0.29) is 17.9 Å². The molecule has 1 aromatic rings. The monoisotopic (exact) mass is 319 g/mol. The normalized spacial score (nSPS) is 16.6. The van der Waals surface area contributed by atoms with E-state index in [4.69, 9.17) is 10.5 Å². The molecule has 1 saturated heterocycles. The van der Waals surface area contributed by atoms with E-state index < -0.39 is 6.04 Å². The molecule has 0 radical (unpaired) electrons. The molecule has 1 aromatic carbocycles. The predicted octanol–water partition coefficient (Wildman–Crippen LogP) is 1.66. The van der Waals surface area contributed by atoms with Crippen LogP contribution in [0.2, 0.25) is 0 Å². The first-order valence-electron chi connectivity index (χ1n) is 8.15. The zero-order valence-corrected chi connectivity index (χ0v) is 13.5. The van der Waals surface area contributed by atoms with Gasteiger partial charge in [-0.3, -0.25) is 9.59 Å². The van der Waals surface area contributed by atoms with E-state index in [0.29, 0.717) is 30.9 Å². The second-order valence-corrected chi connectivity index (χ2v) is 5.82. The Balaban J connectivity index is 1.88. The second-order valence-electron chi connectivity index (χ2n) is 5.82. The van der Waals surface area contributed by atoms with Crippen molar-refractivity contribution in [2.45, 2.75) is 44.7 Å². The van der Waals surface area contributed by atoms with Crippen molar-refractivity contribution in [1.29, 1.82) is 0 Å². The van der Waals surface area contributed by atoms with Gasteiger partial charge in [-0.2, -0.15) is 0 Å². The highest BCUT2D eigenvalue weighted by Crippen LogP contribution is 2.12. The maximum atomic E-state index is 12.2. The molecule has 6 heteroatoms.